The molecule has 0 aliphatic carbocycles. The predicted octanol–water partition coefficient (Wildman–Crippen LogP) is 2.34. The molecule has 1 aliphatic heterocycles. The Morgan fingerprint density at radius 2 is 2.37 bits per heavy atom. The Labute approximate surface area is 114 Å². The van der Waals surface area contributed by atoms with Crippen LogP contribution in [0.3, 0.4) is 0 Å². The second-order valence-corrected chi connectivity index (χ2v) is 4.99. The van der Waals surface area contributed by atoms with Gasteiger partial charge in [-0.2, -0.15) is 0 Å². The van der Waals surface area contributed by atoms with Gasteiger partial charge in [-0.15, -0.1) is 0 Å². The lowest BCUT2D eigenvalue weighted by Crippen LogP contribution is -2.34. The van der Waals surface area contributed by atoms with E-state index in [2.05, 4.69) is 22.0 Å². The van der Waals surface area contributed by atoms with Gasteiger partial charge in [-0.1, -0.05) is 24.9 Å². The fraction of sp³-hybridized carbons (Fsp3) is 0.571. The SMILES string of the molecule is CCC1CCCCCN1c1ccnc(/C(N)=N/O)c1. The second-order valence-electron chi connectivity index (χ2n) is 4.99. The molecule has 1 aromatic rings. The minimum Gasteiger partial charge on any atom is -0.409 e. The molecule has 19 heavy (non-hydrogen) atoms. The Hall–Kier alpha value is -1.78. The highest BCUT2D eigenvalue weighted by atomic mass is 16.4. The summed E-state index contributed by atoms with van der Waals surface area (Å²) in [6.07, 6.45) is 7.91. The Bertz CT molecular complexity index is 447. The van der Waals surface area contributed by atoms with Crippen molar-refractivity contribution in [3.63, 3.8) is 0 Å². The van der Waals surface area contributed by atoms with Gasteiger partial charge < -0.3 is 15.8 Å². The normalized spacial score (nSPS) is 21.2. The van der Waals surface area contributed by atoms with Gasteiger partial charge in [-0.05, 0) is 31.4 Å². The van der Waals surface area contributed by atoms with E-state index < -0.39 is 0 Å². The van der Waals surface area contributed by atoms with Crippen LogP contribution < -0.4 is 10.6 Å². The smallest absolute Gasteiger partial charge is 0.188 e. The van der Waals surface area contributed by atoms with Crippen LogP contribution >= 0.6 is 0 Å². The van der Waals surface area contributed by atoms with Gasteiger partial charge in [-0.25, -0.2) is 0 Å². The molecule has 1 aromatic heterocycles. The second kappa shape index (κ2) is 6.41. The average Bonchev–Trinajstić information content (AvgIpc) is 2.71. The molecule has 3 N–H and O–H groups in total. The molecule has 2 rings (SSSR count). The molecule has 5 nitrogen and oxygen atoms in total. The fourth-order valence-electron chi connectivity index (χ4n) is 2.73. The first-order chi connectivity index (χ1) is 9.26. The van der Waals surface area contributed by atoms with E-state index in [1.165, 1.54) is 25.7 Å². The number of anilines is 1. The Balaban J connectivity index is 2.28. The van der Waals surface area contributed by atoms with Crippen LogP contribution in [-0.4, -0.2) is 28.6 Å². The van der Waals surface area contributed by atoms with Crippen molar-refractivity contribution >= 4 is 11.5 Å². The first-order valence-electron chi connectivity index (χ1n) is 6.97. The van der Waals surface area contributed by atoms with Crippen molar-refractivity contribution in [2.45, 2.75) is 45.1 Å². The summed E-state index contributed by atoms with van der Waals surface area (Å²) < 4.78 is 0. The third kappa shape index (κ3) is 3.16. The summed E-state index contributed by atoms with van der Waals surface area (Å²) in [7, 11) is 0. The number of aromatic nitrogens is 1. The number of hydrogen-bond donors (Lipinski definition) is 2. The molecule has 1 saturated heterocycles. The van der Waals surface area contributed by atoms with Crippen LogP contribution in [-0.2, 0) is 0 Å². The van der Waals surface area contributed by atoms with Crippen molar-refractivity contribution < 1.29 is 5.21 Å². The first kappa shape index (κ1) is 13.6. The van der Waals surface area contributed by atoms with Crippen LogP contribution in [0.4, 0.5) is 5.69 Å². The summed E-state index contributed by atoms with van der Waals surface area (Å²) in [4.78, 5) is 6.57. The lowest BCUT2D eigenvalue weighted by atomic mass is 10.1. The lowest BCUT2D eigenvalue weighted by Gasteiger charge is -2.31. The van der Waals surface area contributed by atoms with Gasteiger partial charge in [0.05, 0.1) is 0 Å². The molecule has 1 unspecified atom stereocenters. The molecule has 2 heterocycles. The van der Waals surface area contributed by atoms with E-state index in [4.69, 9.17) is 10.9 Å². The van der Waals surface area contributed by atoms with Crippen LogP contribution in [0.25, 0.3) is 0 Å². The van der Waals surface area contributed by atoms with E-state index in [1.54, 1.807) is 6.20 Å². The van der Waals surface area contributed by atoms with Gasteiger partial charge in [0.2, 0.25) is 0 Å². The summed E-state index contributed by atoms with van der Waals surface area (Å²) in [5.41, 5.74) is 7.25. The summed E-state index contributed by atoms with van der Waals surface area (Å²) in [5, 5.41) is 11.8. The molecule has 1 fully saturated rings. The van der Waals surface area contributed by atoms with E-state index in [9.17, 15) is 0 Å². The van der Waals surface area contributed by atoms with Crippen molar-refractivity contribution in [2.24, 2.45) is 10.9 Å². The molecule has 0 bridgehead atoms. The Morgan fingerprint density at radius 3 is 3.11 bits per heavy atom. The van der Waals surface area contributed by atoms with Crippen molar-refractivity contribution in [3.05, 3.63) is 24.0 Å². The monoisotopic (exact) mass is 262 g/mol. The number of pyridine rings is 1. The highest BCUT2D eigenvalue weighted by Gasteiger charge is 2.20. The first-order valence-corrected chi connectivity index (χ1v) is 6.97. The number of rotatable bonds is 3. The van der Waals surface area contributed by atoms with Crippen LogP contribution in [0.5, 0.6) is 0 Å². The van der Waals surface area contributed by atoms with Gasteiger partial charge in [-0.3, -0.25) is 4.98 Å². The molecule has 0 spiro atoms. The Morgan fingerprint density at radius 1 is 1.53 bits per heavy atom. The van der Waals surface area contributed by atoms with Crippen molar-refractivity contribution in [1.29, 1.82) is 0 Å². The minimum atomic E-state index is 0.0599. The maximum atomic E-state index is 8.74. The van der Waals surface area contributed by atoms with Crippen LogP contribution in [0.1, 0.15) is 44.7 Å². The van der Waals surface area contributed by atoms with E-state index in [0.717, 1.165) is 18.7 Å². The summed E-state index contributed by atoms with van der Waals surface area (Å²) in [5.74, 6) is 0.0599. The van der Waals surface area contributed by atoms with Gasteiger partial charge in [0.15, 0.2) is 5.84 Å². The third-order valence-corrected chi connectivity index (χ3v) is 3.79. The molecule has 0 radical (unpaired) electrons. The molecule has 0 saturated carbocycles. The highest BCUT2D eigenvalue weighted by Crippen LogP contribution is 2.25. The molecule has 1 aliphatic rings. The van der Waals surface area contributed by atoms with Crippen LogP contribution in [0.2, 0.25) is 0 Å². The molecule has 104 valence electrons. The average molecular weight is 262 g/mol. The topological polar surface area (TPSA) is 74.7 Å². The number of nitrogens with two attached hydrogens (primary N) is 1. The van der Waals surface area contributed by atoms with Crippen LogP contribution in [0.15, 0.2) is 23.5 Å². The Kier molecular flexibility index (Phi) is 4.60. The zero-order valence-corrected chi connectivity index (χ0v) is 11.4. The molecular formula is C14H22N4O. The maximum Gasteiger partial charge on any atom is 0.188 e. The fourth-order valence-corrected chi connectivity index (χ4v) is 2.73. The van der Waals surface area contributed by atoms with Crippen LogP contribution in [0, 0.1) is 0 Å². The van der Waals surface area contributed by atoms with E-state index in [0.29, 0.717) is 11.7 Å². The van der Waals surface area contributed by atoms with Gasteiger partial charge in [0.25, 0.3) is 0 Å². The van der Waals surface area contributed by atoms with Gasteiger partial charge in [0.1, 0.15) is 5.69 Å². The molecule has 0 amide bonds. The summed E-state index contributed by atoms with van der Waals surface area (Å²) in [6.45, 7) is 3.30. The minimum absolute atomic E-state index is 0.0599. The summed E-state index contributed by atoms with van der Waals surface area (Å²) >= 11 is 0. The number of hydrogen-bond acceptors (Lipinski definition) is 4. The van der Waals surface area contributed by atoms with Crippen molar-refractivity contribution in [2.75, 3.05) is 11.4 Å². The number of amidine groups is 1. The van der Waals surface area contributed by atoms with E-state index in [-0.39, 0.29) is 5.84 Å². The lowest BCUT2D eigenvalue weighted by molar-refractivity contribution is 0.318. The molecule has 5 heteroatoms. The number of oxime groups is 1. The van der Waals surface area contributed by atoms with Gasteiger partial charge >= 0.3 is 0 Å². The van der Waals surface area contributed by atoms with Crippen molar-refractivity contribution in [1.82, 2.24) is 4.98 Å². The van der Waals surface area contributed by atoms with E-state index in [1.807, 2.05) is 12.1 Å². The molecular weight excluding hydrogens is 240 g/mol. The van der Waals surface area contributed by atoms with Crippen molar-refractivity contribution in [3.8, 4) is 0 Å². The summed E-state index contributed by atoms with van der Waals surface area (Å²) in [6, 6.07) is 4.48. The standard InChI is InChI=1S/C14H22N4O/c1-2-11-6-4-3-5-9-18(11)12-7-8-16-13(10-12)14(15)17-19/h7-8,10-11,19H,2-6,9H2,1H3,(H2,15,17). The predicted molar refractivity (Wildman–Crippen MR) is 76.6 cm³/mol. The molecule has 0 aromatic carbocycles. The maximum absolute atomic E-state index is 8.74. The van der Waals surface area contributed by atoms with E-state index >= 15 is 0 Å². The quantitative estimate of drug-likeness (QED) is 0.379. The van der Waals surface area contributed by atoms with Gasteiger partial charge in [0, 0.05) is 24.5 Å². The highest BCUT2D eigenvalue weighted by molar-refractivity contribution is 5.95. The molecule has 1 atom stereocenters. The third-order valence-electron chi connectivity index (χ3n) is 3.79. The number of nitrogens with zero attached hydrogens (tertiary/aromatic N) is 3. The largest absolute Gasteiger partial charge is 0.409 e. The zero-order chi connectivity index (χ0) is 13.7. The zero-order valence-electron chi connectivity index (χ0n) is 11.4.